The highest BCUT2D eigenvalue weighted by Gasteiger charge is 2.31. The number of amides is 1. The highest BCUT2D eigenvalue weighted by molar-refractivity contribution is 6.30. The molecule has 1 unspecified atom stereocenters. The number of benzene rings is 1. The van der Waals surface area contributed by atoms with E-state index in [4.69, 9.17) is 16.6 Å². The molecule has 2 aromatic heterocycles. The van der Waals surface area contributed by atoms with Gasteiger partial charge in [-0.2, -0.15) is 0 Å². The van der Waals surface area contributed by atoms with Crippen LogP contribution in [0.3, 0.4) is 0 Å². The molecule has 1 atom stereocenters. The Hall–Kier alpha value is -2.40. The second-order valence-electron chi connectivity index (χ2n) is 7.04. The first-order valence-electron chi connectivity index (χ1n) is 8.91. The number of rotatable bonds is 3. The fourth-order valence-corrected chi connectivity index (χ4v) is 3.85. The summed E-state index contributed by atoms with van der Waals surface area (Å²) in [6.45, 7) is 5.74. The standard InChI is InChI=1S/C20H21ClN4O/c1-13(2)25-18-11-22-9-7-17(18)23-19(25)15-8-10-24(12-15)20(26)14-3-5-16(21)6-4-14/h3-7,9,11,13,15H,8,10,12H2,1-2H3. The molecule has 1 saturated heterocycles. The van der Waals surface area contributed by atoms with Gasteiger partial charge in [-0.25, -0.2) is 4.98 Å². The number of aromatic nitrogens is 3. The van der Waals surface area contributed by atoms with Crippen LogP contribution >= 0.6 is 11.6 Å². The second-order valence-corrected chi connectivity index (χ2v) is 7.48. The van der Waals surface area contributed by atoms with Crippen molar-refractivity contribution in [2.24, 2.45) is 0 Å². The van der Waals surface area contributed by atoms with E-state index in [0.29, 0.717) is 23.2 Å². The zero-order chi connectivity index (χ0) is 18.3. The molecule has 1 amide bonds. The average molecular weight is 369 g/mol. The van der Waals surface area contributed by atoms with E-state index in [-0.39, 0.29) is 11.8 Å². The van der Waals surface area contributed by atoms with E-state index in [1.807, 2.05) is 17.2 Å². The van der Waals surface area contributed by atoms with Crippen molar-refractivity contribution in [3.05, 3.63) is 59.1 Å². The van der Waals surface area contributed by atoms with Gasteiger partial charge in [-0.15, -0.1) is 0 Å². The van der Waals surface area contributed by atoms with Crippen LogP contribution in [-0.2, 0) is 0 Å². The number of pyridine rings is 1. The Morgan fingerprint density at radius 3 is 2.73 bits per heavy atom. The molecule has 6 heteroatoms. The van der Waals surface area contributed by atoms with Gasteiger partial charge in [-0.3, -0.25) is 9.78 Å². The van der Waals surface area contributed by atoms with Crippen LogP contribution in [0.25, 0.3) is 11.0 Å². The molecule has 3 heterocycles. The summed E-state index contributed by atoms with van der Waals surface area (Å²) in [4.78, 5) is 23.8. The van der Waals surface area contributed by atoms with Crippen molar-refractivity contribution >= 4 is 28.5 Å². The Balaban J connectivity index is 1.61. The van der Waals surface area contributed by atoms with Crippen molar-refractivity contribution in [3.8, 4) is 0 Å². The Kier molecular flexibility index (Phi) is 4.41. The van der Waals surface area contributed by atoms with Crippen molar-refractivity contribution < 1.29 is 4.79 Å². The molecule has 0 N–H and O–H groups in total. The molecule has 1 aliphatic rings. The molecule has 0 saturated carbocycles. The largest absolute Gasteiger partial charge is 0.338 e. The van der Waals surface area contributed by atoms with Crippen LogP contribution in [0.5, 0.6) is 0 Å². The third-order valence-electron chi connectivity index (χ3n) is 4.97. The molecule has 0 aliphatic carbocycles. The van der Waals surface area contributed by atoms with Gasteiger partial charge < -0.3 is 9.47 Å². The van der Waals surface area contributed by atoms with Crippen molar-refractivity contribution in [3.63, 3.8) is 0 Å². The summed E-state index contributed by atoms with van der Waals surface area (Å²) < 4.78 is 2.25. The van der Waals surface area contributed by atoms with E-state index in [1.54, 1.807) is 30.5 Å². The van der Waals surface area contributed by atoms with Crippen molar-refractivity contribution in [2.45, 2.75) is 32.2 Å². The fraction of sp³-hybridized carbons (Fsp3) is 0.350. The minimum Gasteiger partial charge on any atom is -0.338 e. The van der Waals surface area contributed by atoms with Crippen molar-refractivity contribution in [2.75, 3.05) is 13.1 Å². The number of carbonyl (C=O) groups is 1. The van der Waals surface area contributed by atoms with Crippen molar-refractivity contribution in [1.82, 2.24) is 19.4 Å². The van der Waals surface area contributed by atoms with Crippen LogP contribution in [0.15, 0.2) is 42.7 Å². The number of halogens is 1. The van der Waals surface area contributed by atoms with Gasteiger partial charge in [0.25, 0.3) is 5.91 Å². The van der Waals surface area contributed by atoms with Gasteiger partial charge in [-0.1, -0.05) is 11.6 Å². The zero-order valence-corrected chi connectivity index (χ0v) is 15.6. The predicted molar refractivity (Wildman–Crippen MR) is 103 cm³/mol. The molecule has 1 fully saturated rings. The van der Waals surface area contributed by atoms with Crippen LogP contribution in [0.4, 0.5) is 0 Å². The normalized spacial score (nSPS) is 17.4. The maximum atomic E-state index is 12.8. The number of imidazole rings is 1. The van der Waals surface area contributed by atoms with E-state index in [2.05, 4.69) is 23.4 Å². The van der Waals surface area contributed by atoms with E-state index in [0.717, 1.165) is 29.8 Å². The van der Waals surface area contributed by atoms with E-state index < -0.39 is 0 Å². The summed E-state index contributed by atoms with van der Waals surface area (Å²) in [5, 5.41) is 0.639. The predicted octanol–water partition coefficient (Wildman–Crippen LogP) is 4.30. The first-order valence-corrected chi connectivity index (χ1v) is 9.29. The Bertz CT molecular complexity index is 948. The van der Waals surface area contributed by atoms with Gasteiger partial charge in [0, 0.05) is 41.8 Å². The molecule has 0 radical (unpaired) electrons. The van der Waals surface area contributed by atoms with E-state index in [1.165, 1.54) is 0 Å². The van der Waals surface area contributed by atoms with Gasteiger partial charge in [-0.05, 0) is 50.6 Å². The monoisotopic (exact) mass is 368 g/mol. The lowest BCUT2D eigenvalue weighted by molar-refractivity contribution is 0.0790. The lowest BCUT2D eigenvalue weighted by Crippen LogP contribution is -2.28. The number of hydrogen-bond acceptors (Lipinski definition) is 3. The summed E-state index contributed by atoms with van der Waals surface area (Å²) in [5.41, 5.74) is 2.70. The zero-order valence-electron chi connectivity index (χ0n) is 14.9. The third kappa shape index (κ3) is 2.97. The number of hydrogen-bond donors (Lipinski definition) is 0. The summed E-state index contributed by atoms with van der Waals surface area (Å²) in [7, 11) is 0. The maximum Gasteiger partial charge on any atom is 0.253 e. The molecule has 3 aromatic rings. The van der Waals surface area contributed by atoms with Crippen LogP contribution in [0.1, 0.15) is 48.4 Å². The molecule has 5 nitrogen and oxygen atoms in total. The van der Waals surface area contributed by atoms with Crippen LogP contribution < -0.4 is 0 Å². The number of likely N-dealkylation sites (tertiary alicyclic amines) is 1. The lowest BCUT2D eigenvalue weighted by atomic mass is 10.1. The molecule has 4 rings (SSSR count). The first kappa shape index (κ1) is 17.0. The first-order chi connectivity index (χ1) is 12.5. The molecule has 0 bridgehead atoms. The Labute approximate surface area is 157 Å². The summed E-state index contributed by atoms with van der Waals surface area (Å²) in [5.74, 6) is 1.34. The van der Waals surface area contributed by atoms with Gasteiger partial charge in [0.05, 0.1) is 17.2 Å². The molecular weight excluding hydrogens is 348 g/mol. The molecule has 134 valence electrons. The summed E-state index contributed by atoms with van der Waals surface area (Å²) >= 11 is 5.92. The van der Waals surface area contributed by atoms with Gasteiger partial charge in [0.15, 0.2) is 0 Å². The topological polar surface area (TPSA) is 51.0 Å². The van der Waals surface area contributed by atoms with E-state index in [9.17, 15) is 4.79 Å². The van der Waals surface area contributed by atoms with Gasteiger partial charge in [0.1, 0.15) is 5.82 Å². The molecule has 1 aromatic carbocycles. The van der Waals surface area contributed by atoms with Crippen LogP contribution in [-0.4, -0.2) is 38.4 Å². The summed E-state index contributed by atoms with van der Waals surface area (Å²) in [6.07, 6.45) is 4.56. The Morgan fingerprint density at radius 1 is 1.23 bits per heavy atom. The molecule has 26 heavy (non-hydrogen) atoms. The number of carbonyl (C=O) groups excluding carboxylic acids is 1. The van der Waals surface area contributed by atoms with Crippen LogP contribution in [0.2, 0.25) is 5.02 Å². The molecular formula is C20H21ClN4O. The van der Waals surface area contributed by atoms with E-state index >= 15 is 0 Å². The molecule has 1 aliphatic heterocycles. The quantitative estimate of drug-likeness (QED) is 0.692. The highest BCUT2D eigenvalue weighted by atomic mass is 35.5. The van der Waals surface area contributed by atoms with Crippen LogP contribution in [0, 0.1) is 0 Å². The minimum atomic E-state index is 0.0537. The second kappa shape index (κ2) is 6.72. The van der Waals surface area contributed by atoms with Crippen molar-refractivity contribution in [1.29, 1.82) is 0 Å². The summed E-state index contributed by atoms with van der Waals surface area (Å²) in [6, 6.07) is 9.32. The fourth-order valence-electron chi connectivity index (χ4n) is 3.72. The Morgan fingerprint density at radius 2 is 2.00 bits per heavy atom. The van der Waals surface area contributed by atoms with Gasteiger partial charge in [0.2, 0.25) is 0 Å². The number of fused-ring (bicyclic) bond motifs is 1. The smallest absolute Gasteiger partial charge is 0.253 e. The molecule has 0 spiro atoms. The average Bonchev–Trinajstić information content (AvgIpc) is 3.26. The highest BCUT2D eigenvalue weighted by Crippen LogP contribution is 2.32. The maximum absolute atomic E-state index is 12.8. The van der Waals surface area contributed by atoms with Gasteiger partial charge >= 0.3 is 0 Å². The SMILES string of the molecule is CC(C)n1c(C2CCN(C(=O)c3ccc(Cl)cc3)C2)nc2ccncc21. The third-order valence-corrected chi connectivity index (χ3v) is 5.22. The minimum absolute atomic E-state index is 0.0537. The lowest BCUT2D eigenvalue weighted by Gasteiger charge is -2.19. The number of nitrogens with zero attached hydrogens (tertiary/aromatic N) is 4.